The molecule has 0 aliphatic carbocycles. The summed E-state index contributed by atoms with van der Waals surface area (Å²) in [6, 6.07) is 13.2. The molecule has 0 spiro atoms. The number of fused-ring (bicyclic) bond motifs is 1. The monoisotopic (exact) mass is 270 g/mol. The van der Waals surface area contributed by atoms with Crippen molar-refractivity contribution in [2.24, 2.45) is 5.92 Å². The minimum Gasteiger partial charge on any atom is -0.314 e. The Labute approximate surface area is 122 Å². The van der Waals surface area contributed by atoms with E-state index in [0.29, 0.717) is 12.0 Å². The summed E-state index contributed by atoms with van der Waals surface area (Å²) in [5, 5.41) is 4.84. The molecule has 0 saturated heterocycles. The Morgan fingerprint density at radius 1 is 1.10 bits per heavy atom. The van der Waals surface area contributed by atoms with Gasteiger partial charge in [-0.05, 0) is 31.0 Å². The fraction of sp³-hybridized carbons (Fsp3) is 0.500. The Morgan fingerprint density at radius 3 is 2.65 bits per heavy atom. The summed E-state index contributed by atoms with van der Waals surface area (Å²) in [6.07, 6.45) is 3.53. The molecule has 20 heavy (non-hydrogen) atoms. The molecule has 2 rings (SSSR count). The predicted octanol–water partition coefficient (Wildman–Crippen LogP) is 4.19. The van der Waals surface area contributed by atoms with Gasteiger partial charge in [-0.2, -0.15) is 0 Å². The summed E-state index contributed by atoms with van der Waals surface area (Å²) in [4.78, 5) is 4.80. The minimum atomic E-state index is 0.522. The molecule has 1 N–H and O–H groups in total. The molecule has 1 heterocycles. The summed E-state index contributed by atoms with van der Waals surface area (Å²) in [6.45, 7) is 7.80. The summed E-state index contributed by atoms with van der Waals surface area (Å²) >= 11 is 0. The molecule has 2 heteroatoms. The molecule has 0 radical (unpaired) electrons. The molecule has 108 valence electrons. The summed E-state index contributed by atoms with van der Waals surface area (Å²) in [5.41, 5.74) is 2.29. The summed E-state index contributed by atoms with van der Waals surface area (Å²) < 4.78 is 0. The van der Waals surface area contributed by atoms with E-state index in [1.165, 1.54) is 23.9 Å². The van der Waals surface area contributed by atoms with Gasteiger partial charge in [-0.25, -0.2) is 0 Å². The zero-order chi connectivity index (χ0) is 14.4. The highest BCUT2D eigenvalue weighted by Gasteiger charge is 2.16. The Bertz CT molecular complexity index is 536. The van der Waals surface area contributed by atoms with Crippen LogP contribution in [-0.4, -0.2) is 17.6 Å². The van der Waals surface area contributed by atoms with E-state index in [4.69, 9.17) is 4.98 Å². The van der Waals surface area contributed by atoms with E-state index < -0.39 is 0 Å². The lowest BCUT2D eigenvalue weighted by Crippen LogP contribution is -2.37. The number of likely N-dealkylation sites (N-methyl/N-ethyl adjacent to an activating group) is 1. The van der Waals surface area contributed by atoms with Gasteiger partial charge in [-0.1, -0.05) is 51.5 Å². The highest BCUT2D eigenvalue weighted by atomic mass is 14.9. The maximum absolute atomic E-state index is 4.80. The van der Waals surface area contributed by atoms with Gasteiger partial charge in [0.05, 0.1) is 5.52 Å². The standard InChI is InChI=1S/C18H26N2/c1-4-8-14(3)18(19-5-2)13-16-12-11-15-9-6-7-10-17(15)20-16/h6-7,9-12,14,18-19H,4-5,8,13H2,1-3H3. The van der Waals surface area contributed by atoms with Crippen LogP contribution in [0.3, 0.4) is 0 Å². The van der Waals surface area contributed by atoms with E-state index in [1.54, 1.807) is 0 Å². The highest BCUT2D eigenvalue weighted by Crippen LogP contribution is 2.17. The Hall–Kier alpha value is -1.41. The molecule has 0 saturated carbocycles. The third kappa shape index (κ3) is 3.80. The highest BCUT2D eigenvalue weighted by molar-refractivity contribution is 5.78. The van der Waals surface area contributed by atoms with Gasteiger partial charge in [-0.3, -0.25) is 4.98 Å². The topological polar surface area (TPSA) is 24.9 Å². The fourth-order valence-corrected chi connectivity index (χ4v) is 2.84. The molecular weight excluding hydrogens is 244 g/mol. The molecule has 1 aromatic carbocycles. The maximum Gasteiger partial charge on any atom is 0.0705 e. The third-order valence-electron chi connectivity index (χ3n) is 3.98. The van der Waals surface area contributed by atoms with Gasteiger partial charge in [-0.15, -0.1) is 0 Å². The van der Waals surface area contributed by atoms with Crippen LogP contribution >= 0.6 is 0 Å². The number of hydrogen-bond donors (Lipinski definition) is 1. The molecule has 0 aliphatic rings. The number of nitrogens with one attached hydrogen (secondary N) is 1. The number of rotatable bonds is 7. The van der Waals surface area contributed by atoms with Crippen LogP contribution in [0.1, 0.15) is 39.3 Å². The van der Waals surface area contributed by atoms with Crippen molar-refractivity contribution < 1.29 is 0 Å². The smallest absolute Gasteiger partial charge is 0.0705 e. The van der Waals surface area contributed by atoms with Crippen molar-refractivity contribution in [1.29, 1.82) is 0 Å². The number of benzene rings is 1. The van der Waals surface area contributed by atoms with E-state index in [1.807, 2.05) is 0 Å². The first-order valence-corrected chi connectivity index (χ1v) is 7.82. The lowest BCUT2D eigenvalue weighted by molar-refractivity contribution is 0.356. The van der Waals surface area contributed by atoms with Gasteiger partial charge in [0, 0.05) is 23.5 Å². The first-order valence-electron chi connectivity index (χ1n) is 7.82. The van der Waals surface area contributed by atoms with Crippen LogP contribution in [0.2, 0.25) is 0 Å². The molecule has 0 bridgehead atoms. The van der Waals surface area contributed by atoms with Crippen molar-refractivity contribution >= 4 is 10.9 Å². The van der Waals surface area contributed by atoms with Gasteiger partial charge >= 0.3 is 0 Å². The predicted molar refractivity (Wildman–Crippen MR) is 87.0 cm³/mol. The van der Waals surface area contributed by atoms with Gasteiger partial charge < -0.3 is 5.32 Å². The van der Waals surface area contributed by atoms with Crippen molar-refractivity contribution in [2.75, 3.05) is 6.54 Å². The van der Waals surface area contributed by atoms with Gasteiger partial charge in [0.15, 0.2) is 0 Å². The molecule has 0 fully saturated rings. The maximum atomic E-state index is 4.80. The Morgan fingerprint density at radius 2 is 1.90 bits per heavy atom. The van der Waals surface area contributed by atoms with Crippen LogP contribution in [0.5, 0.6) is 0 Å². The van der Waals surface area contributed by atoms with E-state index >= 15 is 0 Å². The number of para-hydroxylation sites is 1. The first kappa shape index (κ1) is 15.0. The molecule has 2 nitrogen and oxygen atoms in total. The zero-order valence-corrected chi connectivity index (χ0v) is 12.9. The van der Waals surface area contributed by atoms with Crippen LogP contribution < -0.4 is 5.32 Å². The average Bonchev–Trinajstić information content (AvgIpc) is 2.47. The lowest BCUT2D eigenvalue weighted by Gasteiger charge is -2.24. The van der Waals surface area contributed by atoms with Crippen LogP contribution in [0, 0.1) is 5.92 Å². The van der Waals surface area contributed by atoms with Gasteiger partial charge in [0.25, 0.3) is 0 Å². The van der Waals surface area contributed by atoms with Crippen molar-refractivity contribution in [1.82, 2.24) is 10.3 Å². The van der Waals surface area contributed by atoms with E-state index in [9.17, 15) is 0 Å². The third-order valence-corrected chi connectivity index (χ3v) is 3.98. The van der Waals surface area contributed by atoms with Crippen LogP contribution in [-0.2, 0) is 6.42 Å². The molecule has 2 aromatic rings. The molecule has 2 atom stereocenters. The van der Waals surface area contributed by atoms with Crippen LogP contribution in [0.4, 0.5) is 0 Å². The van der Waals surface area contributed by atoms with Crippen LogP contribution in [0.15, 0.2) is 36.4 Å². The largest absolute Gasteiger partial charge is 0.314 e. The second kappa shape index (κ2) is 7.39. The molecule has 0 amide bonds. The second-order valence-electron chi connectivity index (χ2n) is 5.63. The molecule has 2 unspecified atom stereocenters. The quantitative estimate of drug-likeness (QED) is 0.816. The van der Waals surface area contributed by atoms with Crippen LogP contribution in [0.25, 0.3) is 10.9 Å². The van der Waals surface area contributed by atoms with Crippen molar-refractivity contribution in [3.8, 4) is 0 Å². The van der Waals surface area contributed by atoms with E-state index in [-0.39, 0.29) is 0 Å². The molecule has 1 aromatic heterocycles. The number of aromatic nitrogens is 1. The summed E-state index contributed by atoms with van der Waals surface area (Å²) in [5.74, 6) is 0.688. The normalized spacial score (nSPS) is 14.3. The number of pyridine rings is 1. The molecular formula is C18H26N2. The number of hydrogen-bond acceptors (Lipinski definition) is 2. The van der Waals surface area contributed by atoms with E-state index in [0.717, 1.165) is 18.5 Å². The Balaban J connectivity index is 2.15. The zero-order valence-electron chi connectivity index (χ0n) is 12.9. The average molecular weight is 270 g/mol. The van der Waals surface area contributed by atoms with Crippen molar-refractivity contribution in [2.45, 2.75) is 46.1 Å². The van der Waals surface area contributed by atoms with E-state index in [2.05, 4.69) is 62.5 Å². The van der Waals surface area contributed by atoms with Gasteiger partial charge in [0.2, 0.25) is 0 Å². The first-order chi connectivity index (χ1) is 9.74. The van der Waals surface area contributed by atoms with Crippen molar-refractivity contribution in [3.05, 3.63) is 42.1 Å². The Kier molecular flexibility index (Phi) is 5.54. The number of nitrogens with zero attached hydrogens (tertiary/aromatic N) is 1. The van der Waals surface area contributed by atoms with Gasteiger partial charge in [0.1, 0.15) is 0 Å². The second-order valence-corrected chi connectivity index (χ2v) is 5.63. The lowest BCUT2D eigenvalue weighted by atomic mass is 9.93. The fourth-order valence-electron chi connectivity index (χ4n) is 2.84. The minimum absolute atomic E-state index is 0.522. The molecule has 0 aliphatic heterocycles. The summed E-state index contributed by atoms with van der Waals surface area (Å²) in [7, 11) is 0. The van der Waals surface area contributed by atoms with Crippen molar-refractivity contribution in [3.63, 3.8) is 0 Å². The SMILES string of the molecule is CCCC(C)C(Cc1ccc2ccccc2n1)NCC.